The lowest BCUT2D eigenvalue weighted by Gasteiger charge is -2.24. The van der Waals surface area contributed by atoms with E-state index in [0.717, 1.165) is 32.1 Å². The van der Waals surface area contributed by atoms with Crippen LogP contribution in [0.2, 0.25) is 0 Å². The quantitative estimate of drug-likeness (QED) is 0.815. The molecular formula is C19H24O2. The molecule has 1 aromatic carbocycles. The van der Waals surface area contributed by atoms with Crippen LogP contribution in [0.15, 0.2) is 54.6 Å². The monoisotopic (exact) mass is 284 g/mol. The summed E-state index contributed by atoms with van der Waals surface area (Å²) in [7, 11) is 0. The van der Waals surface area contributed by atoms with E-state index in [-0.39, 0.29) is 11.5 Å². The highest BCUT2D eigenvalue weighted by molar-refractivity contribution is 5.24. The van der Waals surface area contributed by atoms with Gasteiger partial charge >= 0.3 is 0 Å². The highest BCUT2D eigenvalue weighted by atomic mass is 16.3. The van der Waals surface area contributed by atoms with Crippen molar-refractivity contribution in [2.45, 2.75) is 44.3 Å². The summed E-state index contributed by atoms with van der Waals surface area (Å²) in [5.74, 6) is 0.519. The van der Waals surface area contributed by atoms with Crippen LogP contribution in [0, 0.1) is 11.3 Å². The molecule has 0 amide bonds. The molecule has 3 rings (SSSR count). The highest BCUT2D eigenvalue weighted by Crippen LogP contribution is 2.51. The van der Waals surface area contributed by atoms with Crippen molar-refractivity contribution in [2.75, 3.05) is 0 Å². The van der Waals surface area contributed by atoms with Crippen LogP contribution in [0.1, 0.15) is 31.2 Å². The number of aliphatic hydroxyl groups excluding tert-OH is 2. The Labute approximate surface area is 126 Å². The lowest BCUT2D eigenvalue weighted by atomic mass is 9.80. The summed E-state index contributed by atoms with van der Waals surface area (Å²) in [6, 6.07) is 10.3. The predicted octanol–water partition coefficient (Wildman–Crippen LogP) is 3.25. The molecule has 2 nitrogen and oxygen atoms in total. The van der Waals surface area contributed by atoms with Gasteiger partial charge in [-0.3, -0.25) is 0 Å². The number of fused-ring (bicyclic) bond motifs is 1. The Balaban J connectivity index is 1.57. The standard InChI is InChI=1S/C19H24O2/c20-17(9-8-15-5-2-1-3-6-15)10-12-19-11-4-7-16(19)13-18(21)14-19/h1-6,10-12,16-18,20-21H,7-9,13-14H2/b12-10+/t16?,17-,18?,19?/m1/s1. The van der Waals surface area contributed by atoms with Crippen molar-refractivity contribution >= 4 is 0 Å². The first kappa shape index (κ1) is 14.6. The van der Waals surface area contributed by atoms with Gasteiger partial charge in [0.25, 0.3) is 0 Å². The van der Waals surface area contributed by atoms with Crippen LogP contribution in [-0.4, -0.2) is 22.4 Å². The van der Waals surface area contributed by atoms with E-state index >= 15 is 0 Å². The van der Waals surface area contributed by atoms with E-state index in [2.05, 4.69) is 30.4 Å². The first-order valence-corrected chi connectivity index (χ1v) is 7.95. The average molecular weight is 284 g/mol. The zero-order valence-corrected chi connectivity index (χ0v) is 12.4. The van der Waals surface area contributed by atoms with Crippen LogP contribution in [0.5, 0.6) is 0 Å². The molecule has 2 N–H and O–H groups in total. The van der Waals surface area contributed by atoms with E-state index in [1.807, 2.05) is 24.3 Å². The number of rotatable bonds is 5. The third-order valence-corrected chi connectivity index (χ3v) is 4.95. The van der Waals surface area contributed by atoms with E-state index in [1.54, 1.807) is 0 Å². The summed E-state index contributed by atoms with van der Waals surface area (Å²) >= 11 is 0. The molecule has 4 atom stereocenters. The predicted molar refractivity (Wildman–Crippen MR) is 84.8 cm³/mol. The number of allylic oxidation sites excluding steroid dienone is 3. The summed E-state index contributed by atoms with van der Waals surface area (Å²) in [5.41, 5.74) is 1.26. The van der Waals surface area contributed by atoms with Gasteiger partial charge in [0.15, 0.2) is 0 Å². The molecule has 3 unspecified atom stereocenters. The first-order valence-electron chi connectivity index (χ1n) is 7.95. The molecule has 21 heavy (non-hydrogen) atoms. The van der Waals surface area contributed by atoms with Gasteiger partial charge in [0, 0.05) is 5.41 Å². The molecule has 2 heteroatoms. The largest absolute Gasteiger partial charge is 0.393 e. The molecule has 0 radical (unpaired) electrons. The second-order valence-electron chi connectivity index (χ2n) is 6.49. The van der Waals surface area contributed by atoms with Crippen molar-refractivity contribution in [2.24, 2.45) is 11.3 Å². The topological polar surface area (TPSA) is 40.5 Å². The second kappa shape index (κ2) is 6.17. The maximum Gasteiger partial charge on any atom is 0.0724 e. The summed E-state index contributed by atoms with van der Waals surface area (Å²) < 4.78 is 0. The number of hydrogen-bond donors (Lipinski definition) is 2. The highest BCUT2D eigenvalue weighted by Gasteiger charge is 2.45. The van der Waals surface area contributed by atoms with Gasteiger partial charge in [-0.2, -0.15) is 0 Å². The fraction of sp³-hybridized carbons (Fsp3) is 0.474. The van der Waals surface area contributed by atoms with E-state index in [4.69, 9.17) is 0 Å². The maximum atomic E-state index is 10.2. The van der Waals surface area contributed by atoms with Gasteiger partial charge in [-0.15, -0.1) is 0 Å². The van der Waals surface area contributed by atoms with E-state index in [9.17, 15) is 10.2 Å². The zero-order valence-electron chi connectivity index (χ0n) is 12.4. The van der Waals surface area contributed by atoms with Gasteiger partial charge in [0.2, 0.25) is 0 Å². The maximum absolute atomic E-state index is 10.2. The molecule has 0 spiro atoms. The van der Waals surface area contributed by atoms with Gasteiger partial charge in [-0.05, 0) is 43.6 Å². The number of aliphatic hydroxyl groups is 2. The molecular weight excluding hydrogens is 260 g/mol. The second-order valence-corrected chi connectivity index (χ2v) is 6.49. The van der Waals surface area contributed by atoms with Crippen LogP contribution >= 0.6 is 0 Å². The Morgan fingerprint density at radius 3 is 2.90 bits per heavy atom. The lowest BCUT2D eigenvalue weighted by Crippen LogP contribution is -2.17. The SMILES string of the molecule is OC1CC2CC=CC2(/C=C/[C@H](O)CCc2ccccc2)C1. The molecule has 0 saturated heterocycles. The molecule has 112 valence electrons. The Morgan fingerprint density at radius 1 is 1.29 bits per heavy atom. The van der Waals surface area contributed by atoms with Crippen LogP contribution in [-0.2, 0) is 6.42 Å². The van der Waals surface area contributed by atoms with Crippen LogP contribution < -0.4 is 0 Å². The summed E-state index contributed by atoms with van der Waals surface area (Å²) in [6.45, 7) is 0. The lowest BCUT2D eigenvalue weighted by molar-refractivity contribution is 0.173. The zero-order chi connectivity index (χ0) is 14.7. The number of aryl methyl sites for hydroxylation is 1. The molecule has 1 fully saturated rings. The average Bonchev–Trinajstić information content (AvgIpc) is 3.00. The van der Waals surface area contributed by atoms with Crippen molar-refractivity contribution in [3.05, 3.63) is 60.2 Å². The smallest absolute Gasteiger partial charge is 0.0724 e. The summed E-state index contributed by atoms with van der Waals surface area (Å²) in [5, 5.41) is 20.1. The van der Waals surface area contributed by atoms with Crippen LogP contribution in [0.25, 0.3) is 0 Å². The Kier molecular flexibility index (Phi) is 4.27. The first-order chi connectivity index (χ1) is 10.2. The minimum absolute atomic E-state index is 0.00680. The normalized spacial score (nSPS) is 32.7. The van der Waals surface area contributed by atoms with Gasteiger partial charge in [-0.25, -0.2) is 0 Å². The third-order valence-electron chi connectivity index (χ3n) is 4.95. The molecule has 0 heterocycles. The Bertz CT molecular complexity index is 520. The van der Waals surface area contributed by atoms with Gasteiger partial charge in [0.05, 0.1) is 12.2 Å². The minimum Gasteiger partial charge on any atom is -0.393 e. The minimum atomic E-state index is -0.410. The Hall–Kier alpha value is -1.38. The van der Waals surface area contributed by atoms with E-state index in [0.29, 0.717) is 5.92 Å². The molecule has 0 bridgehead atoms. The molecule has 0 aliphatic heterocycles. The third kappa shape index (κ3) is 3.28. The van der Waals surface area contributed by atoms with Gasteiger partial charge < -0.3 is 10.2 Å². The molecule has 1 saturated carbocycles. The fourth-order valence-electron chi connectivity index (χ4n) is 3.78. The number of benzene rings is 1. The molecule has 2 aliphatic carbocycles. The van der Waals surface area contributed by atoms with Crippen molar-refractivity contribution < 1.29 is 10.2 Å². The van der Waals surface area contributed by atoms with E-state index < -0.39 is 6.10 Å². The number of hydrogen-bond acceptors (Lipinski definition) is 2. The van der Waals surface area contributed by atoms with E-state index in [1.165, 1.54) is 5.56 Å². The van der Waals surface area contributed by atoms with Crippen LogP contribution in [0.3, 0.4) is 0 Å². The molecule has 0 aromatic heterocycles. The Morgan fingerprint density at radius 2 is 2.10 bits per heavy atom. The van der Waals surface area contributed by atoms with Gasteiger partial charge in [0.1, 0.15) is 0 Å². The summed E-state index contributed by atoms with van der Waals surface area (Å²) in [4.78, 5) is 0. The van der Waals surface area contributed by atoms with Crippen LogP contribution in [0.4, 0.5) is 0 Å². The molecule has 1 aromatic rings. The van der Waals surface area contributed by atoms with Crippen molar-refractivity contribution in [1.29, 1.82) is 0 Å². The summed E-state index contributed by atoms with van der Waals surface area (Å²) in [6.07, 6.45) is 12.3. The van der Waals surface area contributed by atoms with Crippen molar-refractivity contribution in [3.8, 4) is 0 Å². The van der Waals surface area contributed by atoms with Crippen molar-refractivity contribution in [1.82, 2.24) is 0 Å². The van der Waals surface area contributed by atoms with Crippen molar-refractivity contribution in [3.63, 3.8) is 0 Å². The fourth-order valence-corrected chi connectivity index (χ4v) is 3.78. The molecule has 2 aliphatic rings. The van der Waals surface area contributed by atoms with Gasteiger partial charge in [-0.1, -0.05) is 54.6 Å².